The lowest BCUT2D eigenvalue weighted by molar-refractivity contribution is 0.415. The van der Waals surface area contributed by atoms with Gasteiger partial charge in [-0.1, -0.05) is 37.3 Å². The Morgan fingerprint density at radius 3 is 2.19 bits per heavy atom. The maximum Gasteiger partial charge on any atom is 0.119 e. The van der Waals surface area contributed by atoms with Gasteiger partial charge < -0.3 is 10.5 Å². The van der Waals surface area contributed by atoms with E-state index in [-0.39, 0.29) is 12.4 Å². The Balaban J connectivity index is 0.000000511. The molecule has 0 aliphatic carbocycles. The molecular weight excluding hydrogens is 222 g/mol. The zero-order chi connectivity index (χ0) is 11.1. The van der Waals surface area contributed by atoms with E-state index < -0.39 is 0 Å². The highest BCUT2D eigenvalue weighted by molar-refractivity contribution is 5.85. The van der Waals surface area contributed by atoms with Crippen LogP contribution in [0, 0.1) is 0 Å². The lowest BCUT2D eigenvalue weighted by Gasteiger charge is -2.00. The largest absolute Gasteiger partial charge is 0.497 e. The quantitative estimate of drug-likeness (QED) is 0.829. The number of ether oxygens (including phenoxy) is 1. The van der Waals surface area contributed by atoms with Crippen LogP contribution in [0.15, 0.2) is 42.5 Å². The highest BCUT2D eigenvalue weighted by Gasteiger charge is 1.93. The first-order valence-corrected chi connectivity index (χ1v) is 5.04. The Bertz CT molecular complexity index is 417. The summed E-state index contributed by atoms with van der Waals surface area (Å²) in [4.78, 5) is 0. The van der Waals surface area contributed by atoms with Gasteiger partial charge in [0.15, 0.2) is 0 Å². The maximum atomic E-state index is 5.12. The van der Waals surface area contributed by atoms with Crippen LogP contribution in [0.2, 0.25) is 0 Å². The summed E-state index contributed by atoms with van der Waals surface area (Å²) < 4.78 is 5.12. The van der Waals surface area contributed by atoms with E-state index in [0.717, 1.165) is 12.3 Å². The molecule has 2 aromatic rings. The zero-order valence-electron chi connectivity index (χ0n) is 9.64. The number of halogens is 1. The summed E-state index contributed by atoms with van der Waals surface area (Å²) in [6.07, 6.45) is 0. The average Bonchev–Trinajstić information content (AvgIpc) is 2.29. The molecule has 0 amide bonds. The van der Waals surface area contributed by atoms with Gasteiger partial charge in [0, 0.05) is 0 Å². The van der Waals surface area contributed by atoms with E-state index in [9.17, 15) is 0 Å². The summed E-state index contributed by atoms with van der Waals surface area (Å²) in [6, 6.07) is 14.3. The van der Waals surface area contributed by atoms with Crippen LogP contribution in [0.5, 0.6) is 5.75 Å². The van der Waals surface area contributed by atoms with Gasteiger partial charge in [-0.25, -0.2) is 0 Å². The summed E-state index contributed by atoms with van der Waals surface area (Å²) in [7, 11) is 1.68. The van der Waals surface area contributed by atoms with Gasteiger partial charge in [0.05, 0.1) is 7.11 Å². The second kappa shape index (κ2) is 7.97. The lowest BCUT2D eigenvalue weighted by atomic mass is 10.1. The molecule has 2 rings (SSSR count). The van der Waals surface area contributed by atoms with Crippen LogP contribution < -0.4 is 10.5 Å². The van der Waals surface area contributed by atoms with Gasteiger partial charge in [-0.15, -0.1) is 12.4 Å². The molecule has 0 saturated heterocycles. The van der Waals surface area contributed by atoms with Gasteiger partial charge in [-0.2, -0.15) is 0 Å². The van der Waals surface area contributed by atoms with Gasteiger partial charge in [-0.3, -0.25) is 0 Å². The highest BCUT2D eigenvalue weighted by atomic mass is 35.5. The molecule has 0 atom stereocenters. The van der Waals surface area contributed by atoms with Crippen LogP contribution in [-0.4, -0.2) is 13.7 Å². The van der Waals surface area contributed by atoms with Gasteiger partial charge in [-0.05, 0) is 29.4 Å². The van der Waals surface area contributed by atoms with E-state index >= 15 is 0 Å². The van der Waals surface area contributed by atoms with Crippen molar-refractivity contribution in [2.75, 3.05) is 13.7 Å². The zero-order valence-corrected chi connectivity index (χ0v) is 10.5. The predicted octanol–water partition coefficient (Wildman–Crippen LogP) is 3.24. The topological polar surface area (TPSA) is 35.2 Å². The van der Waals surface area contributed by atoms with Crippen LogP contribution in [-0.2, 0) is 0 Å². The molecule has 0 aliphatic heterocycles. The first-order valence-electron chi connectivity index (χ1n) is 5.04. The first-order chi connectivity index (χ1) is 7.31. The molecule has 3 heteroatoms. The summed E-state index contributed by atoms with van der Waals surface area (Å²) in [5.41, 5.74) is 4.85. The molecule has 0 saturated carbocycles. The molecule has 0 bridgehead atoms. The third kappa shape index (κ3) is 4.09. The molecule has 2 nitrogen and oxygen atoms in total. The Morgan fingerprint density at radius 1 is 1.06 bits per heavy atom. The Kier molecular flexibility index (Phi) is 7.34. The van der Waals surface area contributed by atoms with Gasteiger partial charge in [0.1, 0.15) is 5.75 Å². The van der Waals surface area contributed by atoms with Crippen LogP contribution >= 0.6 is 12.4 Å². The molecule has 0 radical (unpaired) electrons. The fourth-order valence-electron chi connectivity index (χ4n) is 1.29. The molecule has 0 heterocycles. The Labute approximate surface area is 103 Å². The molecule has 2 aromatic carbocycles. The highest BCUT2D eigenvalue weighted by Crippen LogP contribution is 2.19. The second-order valence-corrected chi connectivity index (χ2v) is 3.12. The summed E-state index contributed by atoms with van der Waals surface area (Å²) in [5, 5.41) is 2.47. The number of methoxy groups -OCH3 is 1. The minimum atomic E-state index is 0. The van der Waals surface area contributed by atoms with Crippen molar-refractivity contribution in [3.63, 3.8) is 0 Å². The van der Waals surface area contributed by atoms with E-state index in [1.54, 1.807) is 7.11 Å². The van der Waals surface area contributed by atoms with Crippen molar-refractivity contribution in [1.82, 2.24) is 0 Å². The monoisotopic (exact) mass is 239 g/mol. The van der Waals surface area contributed by atoms with Crippen molar-refractivity contribution in [3.8, 4) is 5.75 Å². The third-order valence-corrected chi connectivity index (χ3v) is 1.96. The van der Waals surface area contributed by atoms with E-state index in [2.05, 4.69) is 18.2 Å². The second-order valence-electron chi connectivity index (χ2n) is 3.12. The molecule has 16 heavy (non-hydrogen) atoms. The van der Waals surface area contributed by atoms with Crippen molar-refractivity contribution in [3.05, 3.63) is 42.5 Å². The molecule has 2 N–H and O–H groups in total. The van der Waals surface area contributed by atoms with Crippen LogP contribution in [0.1, 0.15) is 6.92 Å². The summed E-state index contributed by atoms with van der Waals surface area (Å²) in [6.45, 7) is 2.65. The van der Waals surface area contributed by atoms with E-state index in [1.165, 1.54) is 10.8 Å². The van der Waals surface area contributed by atoms with Gasteiger partial charge >= 0.3 is 0 Å². The van der Waals surface area contributed by atoms with Crippen LogP contribution in [0.4, 0.5) is 0 Å². The van der Waals surface area contributed by atoms with Crippen molar-refractivity contribution < 1.29 is 4.74 Å². The minimum absolute atomic E-state index is 0. The van der Waals surface area contributed by atoms with Crippen molar-refractivity contribution >= 4 is 23.2 Å². The van der Waals surface area contributed by atoms with Gasteiger partial charge in [0.2, 0.25) is 0 Å². The van der Waals surface area contributed by atoms with Crippen molar-refractivity contribution in [2.24, 2.45) is 5.73 Å². The standard InChI is InChI=1S/C11H10O.C2H7N.ClH/c1-12-11-7-6-9-4-2-3-5-10(9)8-11;1-2-3;/h2-8H,1H3;2-3H2,1H3;1H. The molecule has 0 fully saturated rings. The summed E-state index contributed by atoms with van der Waals surface area (Å²) in [5.74, 6) is 0.911. The number of benzene rings is 2. The molecule has 0 unspecified atom stereocenters. The molecule has 88 valence electrons. The maximum absolute atomic E-state index is 5.12. The smallest absolute Gasteiger partial charge is 0.119 e. The number of fused-ring (bicyclic) bond motifs is 1. The van der Waals surface area contributed by atoms with E-state index in [1.807, 2.05) is 31.2 Å². The molecular formula is C13H18ClNO. The lowest BCUT2D eigenvalue weighted by Crippen LogP contribution is -1.87. The number of rotatable bonds is 1. The van der Waals surface area contributed by atoms with E-state index in [4.69, 9.17) is 10.5 Å². The SMILES string of the molecule is CCN.COc1ccc2ccccc2c1.Cl. The molecule has 0 aromatic heterocycles. The fraction of sp³-hybridized carbons (Fsp3) is 0.231. The van der Waals surface area contributed by atoms with Gasteiger partial charge in [0.25, 0.3) is 0 Å². The van der Waals surface area contributed by atoms with Crippen molar-refractivity contribution in [1.29, 1.82) is 0 Å². The van der Waals surface area contributed by atoms with Crippen LogP contribution in [0.25, 0.3) is 10.8 Å². The summed E-state index contributed by atoms with van der Waals surface area (Å²) >= 11 is 0. The normalized spacial score (nSPS) is 8.69. The Morgan fingerprint density at radius 2 is 1.62 bits per heavy atom. The predicted molar refractivity (Wildman–Crippen MR) is 72.5 cm³/mol. The third-order valence-electron chi connectivity index (χ3n) is 1.96. The number of nitrogens with two attached hydrogens (primary N) is 1. The molecule has 0 aliphatic rings. The Hall–Kier alpha value is -1.25. The molecule has 0 spiro atoms. The average molecular weight is 240 g/mol. The number of hydrogen-bond donors (Lipinski definition) is 1. The van der Waals surface area contributed by atoms with Crippen LogP contribution in [0.3, 0.4) is 0 Å². The van der Waals surface area contributed by atoms with E-state index in [0.29, 0.717) is 0 Å². The van der Waals surface area contributed by atoms with Crippen molar-refractivity contribution in [2.45, 2.75) is 6.92 Å². The minimum Gasteiger partial charge on any atom is -0.497 e. The first kappa shape index (κ1) is 14.8. The number of hydrogen-bond acceptors (Lipinski definition) is 2. The fourth-order valence-corrected chi connectivity index (χ4v) is 1.29.